The van der Waals surface area contributed by atoms with Crippen molar-refractivity contribution < 1.29 is 0 Å². The average Bonchev–Trinajstić information content (AvgIpc) is 2.81. The maximum atomic E-state index is 9.41. The van der Waals surface area contributed by atoms with E-state index < -0.39 is 18.1 Å². The van der Waals surface area contributed by atoms with E-state index in [2.05, 4.69) is 30.6 Å². The Hall–Kier alpha value is -5.34. The summed E-state index contributed by atoms with van der Waals surface area (Å²) < 4.78 is 0. The Morgan fingerprint density at radius 1 is 0.833 bits per heavy atom. The highest BCUT2D eigenvalue weighted by molar-refractivity contribution is 6.10. The Labute approximate surface area is 167 Å². The number of hydrogen-bond acceptors (Lipinski definition) is 12. The summed E-state index contributed by atoms with van der Waals surface area (Å²) in [6.45, 7) is 0. The first-order chi connectivity index (χ1) is 14.6. The van der Waals surface area contributed by atoms with Crippen LogP contribution in [-0.2, 0) is 0 Å². The first-order valence-electron chi connectivity index (χ1n) is 8.26. The summed E-state index contributed by atoms with van der Waals surface area (Å²) in [7, 11) is 0. The fraction of sp³-hybridized carbons (Fsp3) is 0.167. The van der Waals surface area contributed by atoms with Gasteiger partial charge in [-0.1, -0.05) is 0 Å². The molecule has 1 aromatic carbocycles. The molecule has 2 aliphatic heterocycles. The van der Waals surface area contributed by atoms with E-state index in [1.807, 2.05) is 36.2 Å². The summed E-state index contributed by atoms with van der Waals surface area (Å²) >= 11 is 0. The smallest absolute Gasteiger partial charge is 0.189 e. The van der Waals surface area contributed by atoms with E-state index in [0.29, 0.717) is 0 Å². The van der Waals surface area contributed by atoms with Gasteiger partial charge < -0.3 is 10.6 Å². The predicted molar refractivity (Wildman–Crippen MR) is 100 cm³/mol. The van der Waals surface area contributed by atoms with E-state index >= 15 is 0 Å². The van der Waals surface area contributed by atoms with Crippen molar-refractivity contribution >= 4 is 39.7 Å². The quantitative estimate of drug-likeness (QED) is 0.477. The molecule has 0 saturated heterocycles. The van der Waals surface area contributed by atoms with Crippen molar-refractivity contribution in [1.29, 1.82) is 31.7 Å². The predicted octanol–water partition coefficient (Wildman–Crippen LogP) is -0.835. The van der Waals surface area contributed by atoms with Crippen LogP contribution in [-0.4, -0.2) is 39.7 Å². The largest absolute Gasteiger partial charge is 0.364 e. The zero-order valence-electron chi connectivity index (χ0n) is 14.8. The van der Waals surface area contributed by atoms with Crippen LogP contribution in [0.25, 0.3) is 11.0 Å². The van der Waals surface area contributed by atoms with Crippen LogP contribution in [0.15, 0.2) is 9.98 Å². The molecule has 0 bridgehead atoms. The fourth-order valence-electron chi connectivity index (χ4n) is 3.16. The van der Waals surface area contributed by atoms with Crippen molar-refractivity contribution in [2.45, 2.75) is 18.1 Å². The lowest BCUT2D eigenvalue weighted by molar-refractivity contribution is 0.790. The minimum atomic E-state index is -1.17. The van der Waals surface area contributed by atoms with Crippen molar-refractivity contribution in [1.82, 2.24) is 9.97 Å². The van der Waals surface area contributed by atoms with Crippen molar-refractivity contribution in [3.8, 4) is 30.3 Å². The van der Waals surface area contributed by atoms with Crippen LogP contribution in [0.2, 0.25) is 0 Å². The summed E-state index contributed by atoms with van der Waals surface area (Å²) in [4.78, 5) is 17.0. The van der Waals surface area contributed by atoms with Gasteiger partial charge in [0.05, 0.1) is 29.6 Å². The molecule has 3 atom stereocenters. The second kappa shape index (κ2) is 6.68. The summed E-state index contributed by atoms with van der Waals surface area (Å²) in [5.41, 5.74) is 0.490. The van der Waals surface area contributed by atoms with Gasteiger partial charge in [0.15, 0.2) is 22.8 Å². The van der Waals surface area contributed by atoms with Gasteiger partial charge in [0.1, 0.15) is 46.3 Å². The lowest BCUT2D eigenvalue weighted by Gasteiger charge is -2.30. The molecule has 0 fully saturated rings. The van der Waals surface area contributed by atoms with E-state index in [1.54, 1.807) is 0 Å². The van der Waals surface area contributed by atoms with Crippen molar-refractivity contribution in [2.75, 3.05) is 10.6 Å². The second-order valence-corrected chi connectivity index (χ2v) is 6.07. The molecule has 3 heterocycles. The number of aromatic nitrogens is 2. The Bertz CT molecular complexity index is 1530. The number of nitrogens with zero attached hydrogens (tertiary/aromatic N) is 9. The third-order valence-corrected chi connectivity index (χ3v) is 4.49. The lowest BCUT2D eigenvalue weighted by atomic mass is 10.0. The molecular formula is C18H6N12. The van der Waals surface area contributed by atoms with E-state index in [9.17, 15) is 26.3 Å². The SMILES string of the molecule is N#CC1=Nc2c(c3c(c4nc(=C=N)c(C#N)nc24)NC(C#N)C(C#N)N3)=NC1C#N. The van der Waals surface area contributed by atoms with Crippen LogP contribution in [0.3, 0.4) is 0 Å². The van der Waals surface area contributed by atoms with Gasteiger partial charge in [-0.3, -0.25) is 10.4 Å². The molecule has 138 valence electrons. The molecule has 0 radical (unpaired) electrons. The molecule has 12 heteroatoms. The Morgan fingerprint density at radius 2 is 1.53 bits per heavy atom. The van der Waals surface area contributed by atoms with Crippen LogP contribution in [0.1, 0.15) is 5.69 Å². The van der Waals surface area contributed by atoms with Crippen LogP contribution >= 0.6 is 0 Å². The molecule has 12 nitrogen and oxygen atoms in total. The summed E-state index contributed by atoms with van der Waals surface area (Å²) in [5.74, 6) is 2.04. The van der Waals surface area contributed by atoms with Crippen LogP contribution in [0.4, 0.5) is 17.1 Å². The van der Waals surface area contributed by atoms with Crippen molar-refractivity contribution in [2.24, 2.45) is 9.98 Å². The van der Waals surface area contributed by atoms with E-state index in [0.717, 1.165) is 0 Å². The molecule has 0 aliphatic carbocycles. The average molecular weight is 390 g/mol. The van der Waals surface area contributed by atoms with Gasteiger partial charge in [-0.2, -0.15) is 26.3 Å². The monoisotopic (exact) mass is 390 g/mol. The number of benzene rings is 1. The van der Waals surface area contributed by atoms with Gasteiger partial charge in [0, 0.05) is 5.87 Å². The Morgan fingerprint density at radius 3 is 2.10 bits per heavy atom. The number of nitriles is 5. The lowest BCUT2D eigenvalue weighted by Crippen LogP contribution is -2.44. The van der Waals surface area contributed by atoms with Gasteiger partial charge in [-0.15, -0.1) is 0 Å². The van der Waals surface area contributed by atoms with Gasteiger partial charge in [-0.05, 0) is 0 Å². The Kier molecular flexibility index (Phi) is 4.02. The summed E-state index contributed by atoms with van der Waals surface area (Å²) in [5, 5.41) is 60.1. The number of rotatable bonds is 0. The number of fused-ring (bicyclic) bond motifs is 6. The number of anilines is 2. The molecule has 2 aliphatic rings. The van der Waals surface area contributed by atoms with E-state index in [1.165, 1.54) is 0 Å². The first-order valence-corrected chi connectivity index (χ1v) is 8.26. The minimum Gasteiger partial charge on any atom is -0.364 e. The summed E-state index contributed by atoms with van der Waals surface area (Å²) in [6.07, 6.45) is 0. The maximum absolute atomic E-state index is 9.41. The minimum absolute atomic E-state index is 0.0913. The van der Waals surface area contributed by atoms with Crippen molar-refractivity contribution in [3.05, 3.63) is 16.4 Å². The number of nitrogens with one attached hydrogen (secondary N) is 3. The molecule has 30 heavy (non-hydrogen) atoms. The molecule has 0 spiro atoms. The second-order valence-electron chi connectivity index (χ2n) is 6.07. The van der Waals surface area contributed by atoms with E-state index in [4.69, 9.17) is 5.41 Å². The zero-order valence-corrected chi connectivity index (χ0v) is 14.8. The molecule has 0 amide bonds. The summed E-state index contributed by atoms with van der Waals surface area (Å²) in [6, 6.07) is 6.42. The van der Waals surface area contributed by atoms with Gasteiger partial charge in [-0.25, -0.2) is 15.0 Å². The van der Waals surface area contributed by atoms with Gasteiger partial charge >= 0.3 is 0 Å². The molecule has 0 saturated carbocycles. The van der Waals surface area contributed by atoms with Gasteiger partial charge in [0.2, 0.25) is 0 Å². The Balaban J connectivity index is 2.24. The topological polar surface area (TPSA) is 217 Å². The van der Waals surface area contributed by atoms with Crippen molar-refractivity contribution in [3.63, 3.8) is 0 Å². The number of aliphatic imine (C=N–C) groups is 1. The highest BCUT2D eigenvalue weighted by atomic mass is 15.1. The fourth-order valence-corrected chi connectivity index (χ4v) is 3.16. The molecular weight excluding hydrogens is 384 g/mol. The highest BCUT2D eigenvalue weighted by Crippen LogP contribution is 2.36. The maximum Gasteiger partial charge on any atom is 0.189 e. The highest BCUT2D eigenvalue weighted by Gasteiger charge is 2.34. The normalized spacial score (nSPS) is 20.5. The number of hydrogen-bond donors (Lipinski definition) is 3. The molecule has 1 aromatic heterocycles. The molecule has 3 N–H and O–H groups in total. The zero-order chi connectivity index (χ0) is 21.4. The first kappa shape index (κ1) is 18.0. The molecule has 4 rings (SSSR count). The third kappa shape index (κ3) is 2.39. The van der Waals surface area contributed by atoms with E-state index in [-0.39, 0.29) is 50.2 Å². The van der Waals surface area contributed by atoms with Gasteiger partial charge in [0.25, 0.3) is 0 Å². The molecule has 3 unspecified atom stereocenters. The van der Waals surface area contributed by atoms with Crippen LogP contribution in [0.5, 0.6) is 0 Å². The standard InChI is InChI=1S/C18H6N12/c19-1-7-8(2-20)26-14-13(25-7)15-17(29-10(4-22)9(3-21)27-15)18-16(14)28-11(5-23)12(6-24)30-18/h7-9,23,25-26H. The van der Waals surface area contributed by atoms with Crippen LogP contribution in [0, 0.1) is 62.1 Å². The molecule has 2 aromatic rings. The van der Waals surface area contributed by atoms with Crippen LogP contribution < -0.4 is 21.3 Å². The third-order valence-electron chi connectivity index (χ3n) is 4.49.